The Labute approximate surface area is 148 Å². The number of carbonyl (C=O) groups excluding carboxylic acids is 1. The molecule has 1 aromatic heterocycles. The monoisotopic (exact) mass is 365 g/mol. The van der Waals surface area contributed by atoms with Crippen LogP contribution in [0, 0.1) is 6.92 Å². The SMILES string of the molecule is Cc1cc(NC(=O)CCN(c2ccc(C(C)C)cc2)S(C)(=O)=O)no1. The molecule has 0 fully saturated rings. The number of rotatable bonds is 7. The molecule has 25 heavy (non-hydrogen) atoms. The van der Waals surface area contributed by atoms with E-state index in [0.29, 0.717) is 23.2 Å². The van der Waals surface area contributed by atoms with E-state index in [-0.39, 0.29) is 18.9 Å². The molecule has 0 atom stereocenters. The highest BCUT2D eigenvalue weighted by atomic mass is 32.2. The van der Waals surface area contributed by atoms with Crippen molar-refractivity contribution in [1.82, 2.24) is 5.16 Å². The van der Waals surface area contributed by atoms with Gasteiger partial charge in [-0.3, -0.25) is 9.10 Å². The van der Waals surface area contributed by atoms with Gasteiger partial charge in [-0.25, -0.2) is 8.42 Å². The van der Waals surface area contributed by atoms with E-state index in [9.17, 15) is 13.2 Å². The number of anilines is 2. The fraction of sp³-hybridized carbons (Fsp3) is 0.412. The van der Waals surface area contributed by atoms with Gasteiger partial charge in [0.15, 0.2) is 5.82 Å². The number of hydrogen-bond donors (Lipinski definition) is 1. The molecule has 1 N–H and O–H groups in total. The molecule has 8 heteroatoms. The molecule has 0 radical (unpaired) electrons. The highest BCUT2D eigenvalue weighted by Gasteiger charge is 2.19. The molecule has 0 unspecified atom stereocenters. The molecule has 0 saturated carbocycles. The first-order valence-corrected chi connectivity index (χ1v) is 9.82. The van der Waals surface area contributed by atoms with Gasteiger partial charge in [0.05, 0.1) is 11.9 Å². The van der Waals surface area contributed by atoms with Crippen molar-refractivity contribution in [3.05, 3.63) is 41.7 Å². The Morgan fingerprint density at radius 1 is 1.28 bits per heavy atom. The van der Waals surface area contributed by atoms with Gasteiger partial charge in [-0.15, -0.1) is 0 Å². The van der Waals surface area contributed by atoms with E-state index in [4.69, 9.17) is 4.52 Å². The van der Waals surface area contributed by atoms with E-state index >= 15 is 0 Å². The van der Waals surface area contributed by atoms with Crippen LogP contribution in [0.25, 0.3) is 0 Å². The number of aryl methyl sites for hydroxylation is 1. The first-order chi connectivity index (χ1) is 11.7. The minimum Gasteiger partial charge on any atom is -0.360 e. The Hall–Kier alpha value is -2.35. The molecular formula is C17H23N3O4S. The normalized spacial score (nSPS) is 11.6. The van der Waals surface area contributed by atoms with Crippen LogP contribution in [-0.2, 0) is 14.8 Å². The Morgan fingerprint density at radius 2 is 1.92 bits per heavy atom. The minimum absolute atomic E-state index is 0.00487. The molecule has 1 amide bonds. The lowest BCUT2D eigenvalue weighted by molar-refractivity contribution is -0.116. The van der Waals surface area contributed by atoms with Crippen LogP contribution in [0.3, 0.4) is 0 Å². The summed E-state index contributed by atoms with van der Waals surface area (Å²) in [5.41, 5.74) is 1.66. The summed E-state index contributed by atoms with van der Waals surface area (Å²) in [7, 11) is -3.50. The molecule has 136 valence electrons. The van der Waals surface area contributed by atoms with Crippen LogP contribution in [0.2, 0.25) is 0 Å². The molecule has 0 aliphatic heterocycles. The predicted molar refractivity (Wildman–Crippen MR) is 97.2 cm³/mol. The molecule has 0 aliphatic rings. The van der Waals surface area contributed by atoms with Crippen molar-refractivity contribution in [3.63, 3.8) is 0 Å². The smallest absolute Gasteiger partial charge is 0.232 e. The average Bonchev–Trinajstić information content (AvgIpc) is 2.91. The van der Waals surface area contributed by atoms with Gasteiger partial charge in [-0.2, -0.15) is 0 Å². The lowest BCUT2D eigenvalue weighted by atomic mass is 10.0. The van der Waals surface area contributed by atoms with Gasteiger partial charge >= 0.3 is 0 Å². The zero-order valence-corrected chi connectivity index (χ0v) is 15.6. The van der Waals surface area contributed by atoms with Crippen molar-refractivity contribution in [1.29, 1.82) is 0 Å². The van der Waals surface area contributed by atoms with Crippen LogP contribution in [0.4, 0.5) is 11.5 Å². The summed E-state index contributed by atoms with van der Waals surface area (Å²) < 4.78 is 30.3. The number of hydrogen-bond acceptors (Lipinski definition) is 5. The number of nitrogens with zero attached hydrogens (tertiary/aromatic N) is 2. The van der Waals surface area contributed by atoms with Gasteiger partial charge in [0.1, 0.15) is 5.76 Å². The van der Waals surface area contributed by atoms with Gasteiger partial charge < -0.3 is 9.84 Å². The Bertz CT molecular complexity index is 826. The minimum atomic E-state index is -3.50. The molecule has 1 heterocycles. The summed E-state index contributed by atoms with van der Waals surface area (Å²) in [6.45, 7) is 5.90. The number of nitrogens with one attached hydrogen (secondary N) is 1. The molecule has 0 aliphatic carbocycles. The molecule has 0 saturated heterocycles. The molecule has 7 nitrogen and oxygen atoms in total. The van der Waals surface area contributed by atoms with Gasteiger partial charge in [-0.1, -0.05) is 31.1 Å². The van der Waals surface area contributed by atoms with E-state index in [1.54, 1.807) is 25.1 Å². The number of benzene rings is 1. The van der Waals surface area contributed by atoms with Crippen molar-refractivity contribution >= 4 is 27.4 Å². The second kappa shape index (κ2) is 7.69. The van der Waals surface area contributed by atoms with Gasteiger partial charge in [0.2, 0.25) is 15.9 Å². The van der Waals surface area contributed by atoms with E-state index in [1.165, 1.54) is 4.31 Å². The summed E-state index contributed by atoms with van der Waals surface area (Å²) >= 11 is 0. The number of carbonyl (C=O) groups is 1. The van der Waals surface area contributed by atoms with Crippen LogP contribution >= 0.6 is 0 Å². The third-order valence-electron chi connectivity index (χ3n) is 3.69. The third kappa shape index (κ3) is 5.32. The van der Waals surface area contributed by atoms with Gasteiger partial charge in [0, 0.05) is 19.0 Å². The van der Waals surface area contributed by atoms with Gasteiger partial charge in [-0.05, 0) is 30.5 Å². The molecule has 0 bridgehead atoms. The summed E-state index contributed by atoms with van der Waals surface area (Å²) in [5, 5.41) is 6.26. The number of aromatic nitrogens is 1. The molecule has 0 spiro atoms. The lowest BCUT2D eigenvalue weighted by Gasteiger charge is -2.22. The highest BCUT2D eigenvalue weighted by molar-refractivity contribution is 7.92. The summed E-state index contributed by atoms with van der Waals surface area (Å²) in [6, 6.07) is 8.91. The molecular weight excluding hydrogens is 342 g/mol. The maximum Gasteiger partial charge on any atom is 0.232 e. The lowest BCUT2D eigenvalue weighted by Crippen LogP contribution is -2.33. The maximum atomic E-state index is 12.1. The molecule has 2 aromatic rings. The van der Waals surface area contributed by atoms with E-state index < -0.39 is 10.0 Å². The van der Waals surface area contributed by atoms with Crippen LogP contribution in [0.1, 0.15) is 37.5 Å². The van der Waals surface area contributed by atoms with Crippen molar-refractivity contribution < 1.29 is 17.7 Å². The van der Waals surface area contributed by atoms with Gasteiger partial charge in [0.25, 0.3) is 0 Å². The van der Waals surface area contributed by atoms with Crippen molar-refractivity contribution in [2.75, 3.05) is 22.4 Å². The van der Waals surface area contributed by atoms with Crippen LogP contribution in [0.15, 0.2) is 34.9 Å². The summed E-state index contributed by atoms with van der Waals surface area (Å²) in [6.07, 6.45) is 1.13. The zero-order chi connectivity index (χ0) is 18.6. The van der Waals surface area contributed by atoms with Crippen molar-refractivity contribution in [3.8, 4) is 0 Å². The zero-order valence-electron chi connectivity index (χ0n) is 14.8. The van der Waals surface area contributed by atoms with E-state index in [2.05, 4.69) is 24.3 Å². The van der Waals surface area contributed by atoms with Crippen molar-refractivity contribution in [2.45, 2.75) is 33.1 Å². The van der Waals surface area contributed by atoms with Crippen molar-refractivity contribution in [2.24, 2.45) is 0 Å². The highest BCUT2D eigenvalue weighted by Crippen LogP contribution is 2.22. The summed E-state index contributed by atoms with van der Waals surface area (Å²) in [5.74, 6) is 0.922. The second-order valence-corrected chi connectivity index (χ2v) is 8.11. The first kappa shape index (κ1) is 19.0. The Balaban J connectivity index is 2.06. The fourth-order valence-corrected chi connectivity index (χ4v) is 3.27. The van der Waals surface area contributed by atoms with Crippen LogP contribution in [0.5, 0.6) is 0 Å². The number of sulfonamides is 1. The second-order valence-electron chi connectivity index (χ2n) is 6.20. The van der Waals surface area contributed by atoms with Crippen LogP contribution < -0.4 is 9.62 Å². The standard InChI is InChI=1S/C17H23N3O4S/c1-12(2)14-5-7-15(8-6-14)20(25(4,22)23)10-9-17(21)18-16-11-13(3)24-19-16/h5-8,11-12H,9-10H2,1-4H3,(H,18,19,21). The molecule has 1 aromatic carbocycles. The largest absolute Gasteiger partial charge is 0.360 e. The van der Waals surface area contributed by atoms with E-state index in [0.717, 1.165) is 11.8 Å². The Kier molecular flexibility index (Phi) is 5.84. The average molecular weight is 365 g/mol. The third-order valence-corrected chi connectivity index (χ3v) is 4.88. The predicted octanol–water partition coefficient (Wildman–Crippen LogP) is 2.90. The van der Waals surface area contributed by atoms with E-state index in [1.807, 2.05) is 12.1 Å². The Morgan fingerprint density at radius 3 is 2.40 bits per heavy atom. The first-order valence-electron chi connectivity index (χ1n) is 7.97. The topological polar surface area (TPSA) is 92.5 Å². The maximum absolute atomic E-state index is 12.1. The molecule has 2 rings (SSSR count). The quantitative estimate of drug-likeness (QED) is 0.814. The number of amides is 1. The summed E-state index contributed by atoms with van der Waals surface area (Å²) in [4.78, 5) is 12.0. The van der Waals surface area contributed by atoms with Crippen LogP contribution in [-0.4, -0.2) is 32.3 Å². The fourth-order valence-electron chi connectivity index (χ4n) is 2.35.